The molecule has 2 aromatic carbocycles. The van der Waals surface area contributed by atoms with Crippen LogP contribution in [-0.2, 0) is 6.42 Å². The lowest BCUT2D eigenvalue weighted by Gasteiger charge is -2.07. The molecule has 1 unspecified atom stereocenters. The van der Waals surface area contributed by atoms with E-state index in [0.29, 0.717) is 0 Å². The third-order valence-corrected chi connectivity index (χ3v) is 3.52. The molecule has 90 valence electrons. The summed E-state index contributed by atoms with van der Waals surface area (Å²) in [6.07, 6.45) is 0.794. The molecule has 18 heavy (non-hydrogen) atoms. The van der Waals surface area contributed by atoms with Crippen LogP contribution in [0.25, 0.3) is 0 Å². The Hall–Kier alpha value is -2.09. The fourth-order valence-electron chi connectivity index (χ4n) is 2.54. The summed E-state index contributed by atoms with van der Waals surface area (Å²) in [4.78, 5) is 12.4. The van der Waals surface area contributed by atoms with Gasteiger partial charge in [0.2, 0.25) is 0 Å². The number of carbonyl (C=O) groups is 1. The second-order valence-corrected chi connectivity index (χ2v) is 4.55. The molecule has 1 aliphatic carbocycles. The summed E-state index contributed by atoms with van der Waals surface area (Å²) in [7, 11) is 1.62. The molecule has 1 aliphatic rings. The molecule has 2 heteroatoms. The van der Waals surface area contributed by atoms with Crippen LogP contribution in [0.3, 0.4) is 0 Å². The number of hydrogen-bond donors (Lipinski definition) is 0. The summed E-state index contributed by atoms with van der Waals surface area (Å²) in [5.74, 6) is 0.916. The van der Waals surface area contributed by atoms with Crippen molar-refractivity contribution < 1.29 is 9.53 Å². The van der Waals surface area contributed by atoms with E-state index in [2.05, 4.69) is 0 Å². The summed E-state index contributed by atoms with van der Waals surface area (Å²) in [5.41, 5.74) is 3.02. The SMILES string of the molecule is COc1ccc2c(c1)C(=O)C(c1ccccc1)C2. The first kappa shape index (κ1) is 11.0. The molecule has 0 fully saturated rings. The Kier molecular flexibility index (Phi) is 2.63. The Bertz CT molecular complexity index is 587. The minimum absolute atomic E-state index is 0.0340. The van der Waals surface area contributed by atoms with Crippen molar-refractivity contribution in [1.82, 2.24) is 0 Å². The number of fused-ring (bicyclic) bond motifs is 1. The summed E-state index contributed by atoms with van der Waals surface area (Å²) in [6, 6.07) is 15.7. The van der Waals surface area contributed by atoms with Crippen LogP contribution in [0.15, 0.2) is 48.5 Å². The Morgan fingerprint density at radius 3 is 2.61 bits per heavy atom. The molecule has 0 N–H and O–H groups in total. The molecule has 0 saturated carbocycles. The number of benzene rings is 2. The predicted molar refractivity (Wildman–Crippen MR) is 70.2 cm³/mol. The molecule has 0 aromatic heterocycles. The normalized spacial score (nSPS) is 17.6. The van der Waals surface area contributed by atoms with Crippen molar-refractivity contribution in [2.45, 2.75) is 12.3 Å². The van der Waals surface area contributed by atoms with Crippen LogP contribution in [0.1, 0.15) is 27.4 Å². The van der Waals surface area contributed by atoms with E-state index in [4.69, 9.17) is 4.74 Å². The first-order valence-corrected chi connectivity index (χ1v) is 6.05. The van der Waals surface area contributed by atoms with Gasteiger partial charge in [-0.15, -0.1) is 0 Å². The predicted octanol–water partition coefficient (Wildman–Crippen LogP) is 3.22. The first-order valence-electron chi connectivity index (χ1n) is 6.05. The van der Waals surface area contributed by atoms with E-state index in [1.165, 1.54) is 0 Å². The molecular weight excluding hydrogens is 224 g/mol. The molecule has 0 heterocycles. The second kappa shape index (κ2) is 4.30. The largest absolute Gasteiger partial charge is 0.497 e. The number of methoxy groups -OCH3 is 1. The Labute approximate surface area is 106 Å². The van der Waals surface area contributed by atoms with Gasteiger partial charge < -0.3 is 4.74 Å². The molecule has 0 bridgehead atoms. The van der Waals surface area contributed by atoms with Crippen LogP contribution in [0.4, 0.5) is 0 Å². The third-order valence-electron chi connectivity index (χ3n) is 3.52. The van der Waals surface area contributed by atoms with E-state index in [1.54, 1.807) is 7.11 Å². The van der Waals surface area contributed by atoms with Crippen molar-refractivity contribution in [2.75, 3.05) is 7.11 Å². The zero-order valence-corrected chi connectivity index (χ0v) is 10.2. The second-order valence-electron chi connectivity index (χ2n) is 4.55. The van der Waals surface area contributed by atoms with Gasteiger partial charge >= 0.3 is 0 Å². The van der Waals surface area contributed by atoms with Gasteiger partial charge in [-0.1, -0.05) is 36.4 Å². The molecule has 3 rings (SSSR count). The number of rotatable bonds is 2. The van der Waals surface area contributed by atoms with Crippen molar-refractivity contribution >= 4 is 5.78 Å². The summed E-state index contributed by atoms with van der Waals surface area (Å²) < 4.78 is 5.18. The molecule has 0 saturated heterocycles. The van der Waals surface area contributed by atoms with Crippen LogP contribution >= 0.6 is 0 Å². The van der Waals surface area contributed by atoms with Crippen LogP contribution in [0, 0.1) is 0 Å². The lowest BCUT2D eigenvalue weighted by molar-refractivity contribution is 0.0972. The highest BCUT2D eigenvalue weighted by Crippen LogP contribution is 2.35. The first-order chi connectivity index (χ1) is 8.79. The maximum absolute atomic E-state index is 12.4. The van der Waals surface area contributed by atoms with Gasteiger partial charge in [0.15, 0.2) is 5.78 Å². The third kappa shape index (κ3) is 1.70. The van der Waals surface area contributed by atoms with E-state index in [1.807, 2.05) is 48.5 Å². The minimum Gasteiger partial charge on any atom is -0.497 e. The van der Waals surface area contributed by atoms with Gasteiger partial charge in [0.05, 0.1) is 13.0 Å². The lowest BCUT2D eigenvalue weighted by Crippen LogP contribution is -2.06. The topological polar surface area (TPSA) is 26.3 Å². The zero-order chi connectivity index (χ0) is 12.5. The van der Waals surface area contributed by atoms with Gasteiger partial charge in [0.1, 0.15) is 5.75 Å². The molecule has 0 aliphatic heterocycles. The maximum Gasteiger partial charge on any atom is 0.171 e. The highest BCUT2D eigenvalue weighted by Gasteiger charge is 2.31. The van der Waals surface area contributed by atoms with Crippen LogP contribution in [-0.4, -0.2) is 12.9 Å². The molecule has 2 aromatic rings. The zero-order valence-electron chi connectivity index (χ0n) is 10.2. The maximum atomic E-state index is 12.4. The number of carbonyl (C=O) groups excluding carboxylic acids is 1. The van der Waals surface area contributed by atoms with Crippen molar-refractivity contribution in [1.29, 1.82) is 0 Å². The lowest BCUT2D eigenvalue weighted by atomic mass is 9.95. The van der Waals surface area contributed by atoms with E-state index in [9.17, 15) is 4.79 Å². The Morgan fingerprint density at radius 1 is 1.11 bits per heavy atom. The number of ketones is 1. The number of ether oxygens (including phenoxy) is 1. The van der Waals surface area contributed by atoms with Gasteiger partial charge in [0.25, 0.3) is 0 Å². The molecule has 1 atom stereocenters. The minimum atomic E-state index is -0.0340. The summed E-state index contributed by atoms with van der Waals surface area (Å²) >= 11 is 0. The van der Waals surface area contributed by atoms with Gasteiger partial charge in [-0.25, -0.2) is 0 Å². The Morgan fingerprint density at radius 2 is 1.89 bits per heavy atom. The van der Waals surface area contributed by atoms with E-state index in [-0.39, 0.29) is 11.7 Å². The molecular formula is C16H14O2. The number of Topliss-reactive ketones (excluding diaryl/α,β-unsaturated/α-hetero) is 1. The standard InChI is InChI=1S/C16H14O2/c1-18-13-8-7-12-9-14(16(17)15(12)10-13)11-5-3-2-4-6-11/h2-8,10,14H,9H2,1H3. The van der Waals surface area contributed by atoms with E-state index >= 15 is 0 Å². The van der Waals surface area contributed by atoms with Crippen molar-refractivity contribution in [2.24, 2.45) is 0 Å². The van der Waals surface area contributed by atoms with Gasteiger partial charge in [0, 0.05) is 5.56 Å². The van der Waals surface area contributed by atoms with Crippen molar-refractivity contribution in [3.8, 4) is 5.75 Å². The van der Waals surface area contributed by atoms with Crippen LogP contribution < -0.4 is 4.74 Å². The fraction of sp³-hybridized carbons (Fsp3) is 0.188. The van der Waals surface area contributed by atoms with Crippen molar-refractivity contribution in [3.05, 3.63) is 65.2 Å². The monoisotopic (exact) mass is 238 g/mol. The molecule has 0 amide bonds. The molecule has 0 spiro atoms. The van der Waals surface area contributed by atoms with E-state index in [0.717, 1.165) is 28.9 Å². The highest BCUT2D eigenvalue weighted by molar-refractivity contribution is 6.05. The van der Waals surface area contributed by atoms with Gasteiger partial charge in [-0.3, -0.25) is 4.79 Å². The van der Waals surface area contributed by atoms with Gasteiger partial charge in [-0.05, 0) is 29.7 Å². The highest BCUT2D eigenvalue weighted by atomic mass is 16.5. The summed E-state index contributed by atoms with van der Waals surface area (Å²) in [5, 5.41) is 0. The van der Waals surface area contributed by atoms with Crippen LogP contribution in [0.2, 0.25) is 0 Å². The van der Waals surface area contributed by atoms with Gasteiger partial charge in [-0.2, -0.15) is 0 Å². The average Bonchev–Trinajstić information content (AvgIpc) is 2.77. The Balaban J connectivity index is 1.99. The van der Waals surface area contributed by atoms with Crippen LogP contribution in [0.5, 0.6) is 5.75 Å². The average molecular weight is 238 g/mol. The fourth-order valence-corrected chi connectivity index (χ4v) is 2.54. The number of hydrogen-bond acceptors (Lipinski definition) is 2. The van der Waals surface area contributed by atoms with Crippen molar-refractivity contribution in [3.63, 3.8) is 0 Å². The smallest absolute Gasteiger partial charge is 0.171 e. The summed E-state index contributed by atoms with van der Waals surface area (Å²) in [6.45, 7) is 0. The molecule has 2 nitrogen and oxygen atoms in total. The quantitative estimate of drug-likeness (QED) is 0.803. The molecule has 0 radical (unpaired) electrons. The van der Waals surface area contributed by atoms with E-state index < -0.39 is 0 Å².